The molecule has 1 unspecified atom stereocenters. The van der Waals surface area contributed by atoms with Crippen molar-refractivity contribution in [1.29, 1.82) is 0 Å². The van der Waals surface area contributed by atoms with Crippen molar-refractivity contribution in [2.75, 3.05) is 19.8 Å². The maximum atomic E-state index is 5.98. The summed E-state index contributed by atoms with van der Waals surface area (Å²) >= 11 is 5.98. The molecule has 1 atom stereocenters. The Bertz CT molecular complexity index is 398. The van der Waals surface area contributed by atoms with Crippen molar-refractivity contribution >= 4 is 11.6 Å². The molecule has 0 bridgehead atoms. The Hall–Kier alpha value is -0.570. The summed E-state index contributed by atoms with van der Waals surface area (Å²) in [4.78, 5) is 0. The van der Waals surface area contributed by atoms with Crippen molar-refractivity contribution in [3.05, 3.63) is 34.9 Å². The summed E-state index contributed by atoms with van der Waals surface area (Å²) in [5, 5.41) is 4.43. The Labute approximate surface area is 134 Å². The third kappa shape index (κ3) is 6.37. The van der Waals surface area contributed by atoms with Crippen molar-refractivity contribution in [3.63, 3.8) is 0 Å². The van der Waals surface area contributed by atoms with Crippen LogP contribution in [0.1, 0.15) is 38.7 Å². The molecule has 2 nitrogen and oxygen atoms in total. The normalized spacial score (nSPS) is 18.1. The van der Waals surface area contributed by atoms with E-state index in [-0.39, 0.29) is 0 Å². The molecular formula is C18H28ClNO. The van der Waals surface area contributed by atoms with Crippen LogP contribution in [0.2, 0.25) is 5.02 Å². The average Bonchev–Trinajstić information content (AvgIpc) is 2.48. The number of hydrogen-bond acceptors (Lipinski definition) is 2. The Balaban J connectivity index is 1.91. The minimum atomic E-state index is 0.549. The number of benzene rings is 1. The SMILES string of the molecule is CC(C)NCC(Cc1ccc(Cl)cc1)CC1CCOCC1. The highest BCUT2D eigenvalue weighted by Gasteiger charge is 2.19. The van der Waals surface area contributed by atoms with E-state index in [1.54, 1.807) is 0 Å². The second-order valence-electron chi connectivity index (χ2n) is 6.55. The van der Waals surface area contributed by atoms with Crippen molar-refractivity contribution in [2.45, 2.75) is 45.6 Å². The number of hydrogen-bond donors (Lipinski definition) is 1. The van der Waals surface area contributed by atoms with Gasteiger partial charge in [0, 0.05) is 24.3 Å². The molecule has 1 fully saturated rings. The third-order valence-corrected chi connectivity index (χ3v) is 4.51. The quantitative estimate of drug-likeness (QED) is 0.810. The topological polar surface area (TPSA) is 21.3 Å². The number of nitrogens with one attached hydrogen (secondary N) is 1. The lowest BCUT2D eigenvalue weighted by Crippen LogP contribution is -2.32. The predicted molar refractivity (Wildman–Crippen MR) is 89.9 cm³/mol. The van der Waals surface area contributed by atoms with Gasteiger partial charge in [-0.25, -0.2) is 0 Å². The summed E-state index contributed by atoms with van der Waals surface area (Å²) in [6.07, 6.45) is 4.87. The van der Waals surface area contributed by atoms with Crippen LogP contribution in [-0.4, -0.2) is 25.8 Å². The first kappa shape index (κ1) is 16.8. The zero-order valence-corrected chi connectivity index (χ0v) is 14.0. The smallest absolute Gasteiger partial charge is 0.0468 e. The lowest BCUT2D eigenvalue weighted by atomic mass is 9.85. The van der Waals surface area contributed by atoms with Crippen LogP contribution in [0.4, 0.5) is 0 Å². The standard InChI is InChI=1S/C18H28ClNO/c1-14(2)20-13-17(12-16-7-9-21-10-8-16)11-15-3-5-18(19)6-4-15/h3-6,14,16-17,20H,7-13H2,1-2H3. The first-order valence-electron chi connectivity index (χ1n) is 8.19. The number of ether oxygens (including phenoxy) is 1. The van der Waals surface area contributed by atoms with E-state index in [1.807, 2.05) is 12.1 Å². The summed E-state index contributed by atoms with van der Waals surface area (Å²) in [7, 11) is 0. The van der Waals surface area contributed by atoms with Gasteiger partial charge in [-0.05, 0) is 61.8 Å². The molecule has 1 aliphatic rings. The molecule has 0 aliphatic carbocycles. The maximum absolute atomic E-state index is 5.98. The molecule has 1 aromatic carbocycles. The summed E-state index contributed by atoms with van der Waals surface area (Å²) in [6, 6.07) is 8.87. The Morgan fingerprint density at radius 2 is 1.86 bits per heavy atom. The molecule has 1 aromatic rings. The third-order valence-electron chi connectivity index (χ3n) is 4.26. The molecule has 0 amide bonds. The van der Waals surface area contributed by atoms with Gasteiger partial charge < -0.3 is 10.1 Å². The highest BCUT2D eigenvalue weighted by atomic mass is 35.5. The van der Waals surface area contributed by atoms with Gasteiger partial charge in [0.2, 0.25) is 0 Å². The minimum Gasteiger partial charge on any atom is -0.381 e. The first-order valence-corrected chi connectivity index (χ1v) is 8.57. The molecular weight excluding hydrogens is 282 g/mol. The number of halogens is 1. The highest BCUT2D eigenvalue weighted by molar-refractivity contribution is 6.30. The van der Waals surface area contributed by atoms with Gasteiger partial charge in [0.1, 0.15) is 0 Å². The highest BCUT2D eigenvalue weighted by Crippen LogP contribution is 2.25. The van der Waals surface area contributed by atoms with E-state index >= 15 is 0 Å². The molecule has 0 radical (unpaired) electrons. The van der Waals surface area contributed by atoms with Crippen LogP contribution in [0.5, 0.6) is 0 Å². The number of rotatable bonds is 7. The average molecular weight is 310 g/mol. The van der Waals surface area contributed by atoms with Crippen LogP contribution in [0.3, 0.4) is 0 Å². The summed E-state index contributed by atoms with van der Waals surface area (Å²) in [5.74, 6) is 1.52. The molecule has 1 aliphatic heterocycles. The van der Waals surface area contributed by atoms with Crippen molar-refractivity contribution < 1.29 is 4.74 Å². The molecule has 21 heavy (non-hydrogen) atoms. The minimum absolute atomic E-state index is 0.549. The Kier molecular flexibility index (Phi) is 7.01. The van der Waals surface area contributed by atoms with Gasteiger partial charge >= 0.3 is 0 Å². The van der Waals surface area contributed by atoms with E-state index < -0.39 is 0 Å². The van der Waals surface area contributed by atoms with Crippen LogP contribution in [0, 0.1) is 11.8 Å². The second kappa shape index (κ2) is 8.77. The molecule has 2 rings (SSSR count). The van der Waals surface area contributed by atoms with Crippen LogP contribution >= 0.6 is 11.6 Å². The van der Waals surface area contributed by atoms with Gasteiger partial charge in [0.05, 0.1) is 0 Å². The van der Waals surface area contributed by atoms with E-state index in [1.165, 1.54) is 24.8 Å². The fourth-order valence-corrected chi connectivity index (χ4v) is 3.17. The lowest BCUT2D eigenvalue weighted by Gasteiger charge is -2.27. The molecule has 3 heteroatoms. The van der Waals surface area contributed by atoms with E-state index in [2.05, 4.69) is 31.3 Å². The zero-order valence-electron chi connectivity index (χ0n) is 13.3. The van der Waals surface area contributed by atoms with E-state index in [0.29, 0.717) is 12.0 Å². The summed E-state index contributed by atoms with van der Waals surface area (Å²) < 4.78 is 5.48. The zero-order chi connectivity index (χ0) is 15.1. The van der Waals surface area contributed by atoms with Gasteiger partial charge in [-0.3, -0.25) is 0 Å². The Morgan fingerprint density at radius 3 is 2.48 bits per heavy atom. The van der Waals surface area contributed by atoms with Crippen LogP contribution < -0.4 is 5.32 Å². The maximum Gasteiger partial charge on any atom is 0.0468 e. The fraction of sp³-hybridized carbons (Fsp3) is 0.667. The van der Waals surface area contributed by atoms with Crippen molar-refractivity contribution in [2.24, 2.45) is 11.8 Å². The predicted octanol–water partition coefficient (Wildman–Crippen LogP) is 4.31. The van der Waals surface area contributed by atoms with Crippen LogP contribution in [-0.2, 0) is 11.2 Å². The van der Waals surface area contributed by atoms with E-state index in [0.717, 1.165) is 37.1 Å². The molecule has 0 saturated carbocycles. The monoisotopic (exact) mass is 309 g/mol. The molecule has 118 valence electrons. The Morgan fingerprint density at radius 1 is 1.19 bits per heavy atom. The van der Waals surface area contributed by atoms with Gasteiger partial charge in [0.25, 0.3) is 0 Å². The van der Waals surface area contributed by atoms with Crippen LogP contribution in [0.25, 0.3) is 0 Å². The molecule has 1 saturated heterocycles. The van der Waals surface area contributed by atoms with E-state index in [4.69, 9.17) is 16.3 Å². The largest absolute Gasteiger partial charge is 0.381 e. The first-order chi connectivity index (χ1) is 10.1. The molecule has 1 heterocycles. The van der Waals surface area contributed by atoms with Crippen molar-refractivity contribution in [1.82, 2.24) is 5.32 Å². The molecule has 1 N–H and O–H groups in total. The summed E-state index contributed by atoms with van der Waals surface area (Å²) in [6.45, 7) is 7.41. The molecule has 0 aromatic heterocycles. The van der Waals surface area contributed by atoms with E-state index in [9.17, 15) is 0 Å². The fourth-order valence-electron chi connectivity index (χ4n) is 3.05. The van der Waals surface area contributed by atoms with Gasteiger partial charge in [-0.15, -0.1) is 0 Å². The molecule has 0 spiro atoms. The second-order valence-corrected chi connectivity index (χ2v) is 6.99. The van der Waals surface area contributed by atoms with Gasteiger partial charge in [-0.1, -0.05) is 37.6 Å². The van der Waals surface area contributed by atoms with Crippen molar-refractivity contribution in [3.8, 4) is 0 Å². The van der Waals surface area contributed by atoms with Gasteiger partial charge in [0.15, 0.2) is 0 Å². The van der Waals surface area contributed by atoms with Gasteiger partial charge in [-0.2, -0.15) is 0 Å². The van der Waals surface area contributed by atoms with Crippen LogP contribution in [0.15, 0.2) is 24.3 Å². The summed E-state index contributed by atoms with van der Waals surface area (Å²) in [5.41, 5.74) is 1.39. The lowest BCUT2D eigenvalue weighted by molar-refractivity contribution is 0.0584.